The van der Waals surface area contributed by atoms with E-state index in [0.717, 1.165) is 52.0 Å². The summed E-state index contributed by atoms with van der Waals surface area (Å²) in [6.45, 7) is 7.45. The van der Waals surface area contributed by atoms with Crippen molar-refractivity contribution in [1.82, 2.24) is 10.2 Å². The van der Waals surface area contributed by atoms with E-state index in [2.05, 4.69) is 30.1 Å². The second-order valence-corrected chi connectivity index (χ2v) is 6.26. The molecule has 5 heteroatoms. The average Bonchev–Trinajstić information content (AvgIpc) is 2.47. The maximum absolute atomic E-state index is 9.66. The Morgan fingerprint density at radius 2 is 1.90 bits per heavy atom. The molecule has 1 aliphatic carbocycles. The van der Waals surface area contributed by atoms with Gasteiger partial charge < -0.3 is 9.47 Å². The Bertz CT molecular complexity index is 322. The third-order valence-corrected chi connectivity index (χ3v) is 4.19. The number of hydrogen-bond acceptors (Lipinski definition) is 5. The summed E-state index contributed by atoms with van der Waals surface area (Å²) in [6.07, 6.45) is 4.07. The van der Waals surface area contributed by atoms with Gasteiger partial charge in [0.15, 0.2) is 0 Å². The van der Waals surface area contributed by atoms with Gasteiger partial charge in [0.05, 0.1) is 19.3 Å². The first kappa shape index (κ1) is 18.4. The van der Waals surface area contributed by atoms with Crippen LogP contribution >= 0.6 is 0 Å². The lowest BCUT2D eigenvalue weighted by Crippen LogP contribution is -2.55. The van der Waals surface area contributed by atoms with Gasteiger partial charge in [-0.25, -0.2) is 0 Å². The predicted molar refractivity (Wildman–Crippen MR) is 84.2 cm³/mol. The van der Waals surface area contributed by atoms with E-state index < -0.39 is 0 Å². The maximum atomic E-state index is 9.66. The number of nitrogens with zero attached hydrogens (tertiary/aromatic N) is 2. The second kappa shape index (κ2) is 9.37. The van der Waals surface area contributed by atoms with Crippen molar-refractivity contribution in [1.29, 1.82) is 5.26 Å². The Hall–Kier alpha value is -0.670. The average molecular weight is 297 g/mol. The van der Waals surface area contributed by atoms with Gasteiger partial charge in [-0.2, -0.15) is 5.26 Å². The fourth-order valence-corrected chi connectivity index (χ4v) is 3.27. The zero-order chi connectivity index (χ0) is 15.7. The van der Waals surface area contributed by atoms with Gasteiger partial charge >= 0.3 is 0 Å². The molecule has 0 amide bonds. The molecule has 0 saturated heterocycles. The van der Waals surface area contributed by atoms with Crippen LogP contribution in [0.3, 0.4) is 0 Å². The van der Waals surface area contributed by atoms with Crippen molar-refractivity contribution in [2.75, 3.05) is 40.5 Å². The van der Waals surface area contributed by atoms with E-state index in [-0.39, 0.29) is 5.54 Å². The lowest BCUT2D eigenvalue weighted by atomic mass is 9.79. The lowest BCUT2D eigenvalue weighted by molar-refractivity contribution is 0.0592. The Morgan fingerprint density at radius 1 is 1.29 bits per heavy atom. The number of rotatable bonds is 9. The van der Waals surface area contributed by atoms with Gasteiger partial charge in [0, 0.05) is 39.4 Å². The number of nitriles is 1. The van der Waals surface area contributed by atoms with E-state index in [4.69, 9.17) is 9.47 Å². The van der Waals surface area contributed by atoms with E-state index in [9.17, 15) is 5.26 Å². The van der Waals surface area contributed by atoms with Crippen molar-refractivity contribution in [2.24, 2.45) is 0 Å². The van der Waals surface area contributed by atoms with Crippen molar-refractivity contribution in [3.63, 3.8) is 0 Å². The topological polar surface area (TPSA) is 57.5 Å². The SMILES string of the molecule is COCCN(CCOC)C1CCCC(C#N)(NC(C)C)C1. The minimum atomic E-state index is -0.379. The fourth-order valence-electron chi connectivity index (χ4n) is 3.27. The lowest BCUT2D eigenvalue weighted by Gasteiger charge is -2.42. The number of nitrogens with one attached hydrogen (secondary N) is 1. The molecule has 0 bridgehead atoms. The molecule has 21 heavy (non-hydrogen) atoms. The summed E-state index contributed by atoms with van der Waals surface area (Å²) < 4.78 is 10.4. The molecule has 1 fully saturated rings. The summed E-state index contributed by atoms with van der Waals surface area (Å²) in [5.41, 5.74) is -0.379. The molecule has 1 N–H and O–H groups in total. The van der Waals surface area contributed by atoms with E-state index in [1.807, 2.05) is 0 Å². The van der Waals surface area contributed by atoms with Gasteiger partial charge in [0.1, 0.15) is 5.54 Å². The molecule has 122 valence electrons. The smallest absolute Gasteiger partial charge is 0.108 e. The zero-order valence-electron chi connectivity index (χ0n) is 14.0. The minimum absolute atomic E-state index is 0.329. The Balaban J connectivity index is 2.71. The second-order valence-electron chi connectivity index (χ2n) is 6.26. The van der Waals surface area contributed by atoms with Crippen molar-refractivity contribution in [2.45, 2.75) is 57.2 Å². The van der Waals surface area contributed by atoms with Crippen molar-refractivity contribution >= 4 is 0 Å². The van der Waals surface area contributed by atoms with Crippen LogP contribution in [-0.4, -0.2) is 63.0 Å². The van der Waals surface area contributed by atoms with Crippen LogP contribution in [0.4, 0.5) is 0 Å². The summed E-state index contributed by atoms with van der Waals surface area (Å²) in [4.78, 5) is 2.42. The summed E-state index contributed by atoms with van der Waals surface area (Å²) in [5.74, 6) is 0. The molecule has 5 nitrogen and oxygen atoms in total. The van der Waals surface area contributed by atoms with Gasteiger partial charge in [-0.3, -0.25) is 10.2 Å². The number of ether oxygens (including phenoxy) is 2. The number of hydrogen-bond donors (Lipinski definition) is 1. The minimum Gasteiger partial charge on any atom is -0.383 e. The monoisotopic (exact) mass is 297 g/mol. The molecule has 0 aliphatic heterocycles. The first-order chi connectivity index (χ1) is 10.1. The molecule has 0 aromatic carbocycles. The van der Waals surface area contributed by atoms with Crippen LogP contribution in [0.5, 0.6) is 0 Å². The van der Waals surface area contributed by atoms with Crippen LogP contribution < -0.4 is 5.32 Å². The summed E-state index contributed by atoms with van der Waals surface area (Å²) >= 11 is 0. The Morgan fingerprint density at radius 3 is 2.38 bits per heavy atom. The summed E-state index contributed by atoms with van der Waals surface area (Å²) in [7, 11) is 3.46. The summed E-state index contributed by atoms with van der Waals surface area (Å²) in [6, 6.07) is 3.30. The maximum Gasteiger partial charge on any atom is 0.108 e. The summed E-state index contributed by atoms with van der Waals surface area (Å²) in [5, 5.41) is 13.2. The van der Waals surface area contributed by atoms with Crippen molar-refractivity contribution in [3.05, 3.63) is 0 Å². The fraction of sp³-hybridized carbons (Fsp3) is 0.938. The highest BCUT2D eigenvalue weighted by Gasteiger charge is 2.38. The van der Waals surface area contributed by atoms with Crippen LogP contribution in [0.25, 0.3) is 0 Å². The largest absolute Gasteiger partial charge is 0.383 e. The first-order valence-corrected chi connectivity index (χ1v) is 7.98. The van der Waals surface area contributed by atoms with Crippen molar-refractivity contribution in [3.8, 4) is 6.07 Å². The molecule has 0 aromatic heterocycles. The Labute approximate surface area is 129 Å². The number of methoxy groups -OCH3 is 2. The molecule has 1 aliphatic rings. The third-order valence-electron chi connectivity index (χ3n) is 4.19. The third kappa shape index (κ3) is 5.91. The van der Waals surface area contributed by atoms with Crippen LogP contribution in [0.2, 0.25) is 0 Å². The zero-order valence-corrected chi connectivity index (χ0v) is 14.0. The van der Waals surface area contributed by atoms with Crippen LogP contribution in [-0.2, 0) is 9.47 Å². The molecule has 0 heterocycles. The molecular formula is C16H31N3O2. The van der Waals surface area contributed by atoms with Gasteiger partial charge in [0.25, 0.3) is 0 Å². The van der Waals surface area contributed by atoms with Gasteiger partial charge in [-0.1, -0.05) is 0 Å². The van der Waals surface area contributed by atoms with Crippen molar-refractivity contribution < 1.29 is 9.47 Å². The first-order valence-electron chi connectivity index (χ1n) is 7.98. The highest BCUT2D eigenvalue weighted by atomic mass is 16.5. The standard InChI is InChI=1S/C16H31N3O2/c1-14(2)18-16(13-17)7-5-6-15(12-16)19(8-10-20-3)9-11-21-4/h14-15,18H,5-12H2,1-4H3. The van der Waals surface area contributed by atoms with E-state index >= 15 is 0 Å². The van der Waals surface area contributed by atoms with Gasteiger partial charge in [0.2, 0.25) is 0 Å². The molecule has 1 saturated carbocycles. The van der Waals surface area contributed by atoms with Gasteiger partial charge in [-0.05, 0) is 39.5 Å². The molecule has 2 atom stereocenters. The highest BCUT2D eigenvalue weighted by Crippen LogP contribution is 2.31. The van der Waals surface area contributed by atoms with Crippen LogP contribution in [0.15, 0.2) is 0 Å². The molecular weight excluding hydrogens is 266 g/mol. The highest BCUT2D eigenvalue weighted by molar-refractivity contribution is 5.11. The van der Waals surface area contributed by atoms with Crippen LogP contribution in [0, 0.1) is 11.3 Å². The molecule has 2 unspecified atom stereocenters. The normalized spacial score (nSPS) is 26.2. The van der Waals surface area contributed by atoms with Gasteiger partial charge in [-0.15, -0.1) is 0 Å². The molecule has 0 radical (unpaired) electrons. The molecule has 0 aromatic rings. The van der Waals surface area contributed by atoms with E-state index in [0.29, 0.717) is 12.1 Å². The molecule has 0 spiro atoms. The Kier molecular flexibility index (Phi) is 8.20. The van der Waals surface area contributed by atoms with E-state index in [1.165, 1.54) is 0 Å². The predicted octanol–water partition coefficient (Wildman–Crippen LogP) is 1.78. The quantitative estimate of drug-likeness (QED) is 0.703. The van der Waals surface area contributed by atoms with E-state index in [1.54, 1.807) is 14.2 Å². The van der Waals surface area contributed by atoms with Crippen LogP contribution in [0.1, 0.15) is 39.5 Å². The molecule has 1 rings (SSSR count).